The Morgan fingerprint density at radius 2 is 1.90 bits per heavy atom. The fourth-order valence-electron chi connectivity index (χ4n) is 3.45. The molecule has 3 rings (SSSR count). The van der Waals surface area contributed by atoms with Gasteiger partial charge >= 0.3 is 0 Å². The zero-order valence-electron chi connectivity index (χ0n) is 13.0. The van der Waals surface area contributed by atoms with Crippen LogP contribution >= 0.6 is 0 Å². The number of hydrogen-bond donors (Lipinski definition) is 1. The van der Waals surface area contributed by atoms with Crippen LogP contribution in [0, 0.1) is 11.3 Å². The summed E-state index contributed by atoms with van der Waals surface area (Å²) in [6.45, 7) is 10.5. The number of phenolic OH excluding ortho intramolecular Hbond substituents is 1. The smallest absolute Gasteiger partial charge is 0.172 e. The van der Waals surface area contributed by atoms with Crippen LogP contribution < -0.4 is 0 Å². The van der Waals surface area contributed by atoms with Crippen molar-refractivity contribution >= 4 is 0 Å². The molecule has 1 N–H and O–H groups in total. The Morgan fingerprint density at radius 1 is 1.24 bits per heavy atom. The van der Waals surface area contributed by atoms with E-state index in [0.29, 0.717) is 5.92 Å². The van der Waals surface area contributed by atoms with E-state index < -0.39 is 5.79 Å². The normalized spacial score (nSPS) is 38.7. The van der Waals surface area contributed by atoms with Gasteiger partial charge in [-0.1, -0.05) is 39.0 Å². The Balaban J connectivity index is 2.00. The molecule has 2 heterocycles. The van der Waals surface area contributed by atoms with Crippen LogP contribution in [0.4, 0.5) is 0 Å². The summed E-state index contributed by atoms with van der Waals surface area (Å²) in [5, 5.41) is 9.49. The highest BCUT2D eigenvalue weighted by Crippen LogP contribution is 2.56. The molecule has 1 unspecified atom stereocenters. The summed E-state index contributed by atoms with van der Waals surface area (Å²) >= 11 is 0. The Bertz CT molecular complexity index is 536. The van der Waals surface area contributed by atoms with E-state index in [1.807, 2.05) is 18.2 Å². The third-order valence-corrected chi connectivity index (χ3v) is 5.16. The SMILES string of the molecule is C=C[C@]1(C)CC[C@@]2(C(C)C)OC1[C@H](c1ccc(O)cc1)O2. The predicted molar refractivity (Wildman–Crippen MR) is 81.9 cm³/mol. The number of phenols is 1. The average molecular weight is 288 g/mol. The van der Waals surface area contributed by atoms with Gasteiger partial charge in [0.15, 0.2) is 5.79 Å². The van der Waals surface area contributed by atoms with Gasteiger partial charge in [-0.25, -0.2) is 0 Å². The molecule has 0 spiro atoms. The molecule has 0 saturated carbocycles. The van der Waals surface area contributed by atoms with Crippen LogP contribution in [0.3, 0.4) is 0 Å². The minimum atomic E-state index is -0.490. The number of aromatic hydroxyl groups is 1. The second kappa shape index (κ2) is 4.85. The topological polar surface area (TPSA) is 38.7 Å². The molecule has 1 aromatic rings. The Morgan fingerprint density at radius 3 is 2.48 bits per heavy atom. The first-order valence-corrected chi connectivity index (χ1v) is 7.68. The summed E-state index contributed by atoms with van der Waals surface area (Å²) in [6, 6.07) is 7.24. The van der Waals surface area contributed by atoms with Crippen molar-refractivity contribution in [2.45, 2.75) is 51.6 Å². The highest BCUT2D eigenvalue weighted by atomic mass is 16.8. The summed E-state index contributed by atoms with van der Waals surface area (Å²) < 4.78 is 12.8. The monoisotopic (exact) mass is 288 g/mol. The molecule has 0 radical (unpaired) electrons. The van der Waals surface area contributed by atoms with Gasteiger partial charge in [-0.15, -0.1) is 6.58 Å². The first-order valence-electron chi connectivity index (χ1n) is 7.68. The van der Waals surface area contributed by atoms with Gasteiger partial charge in [-0.3, -0.25) is 0 Å². The maximum absolute atomic E-state index is 9.49. The predicted octanol–water partition coefficient (Wildman–Crippen LogP) is 4.19. The van der Waals surface area contributed by atoms with Crippen molar-refractivity contribution in [3.05, 3.63) is 42.5 Å². The van der Waals surface area contributed by atoms with E-state index >= 15 is 0 Å². The maximum atomic E-state index is 9.49. The van der Waals surface area contributed by atoms with Crippen LogP contribution in [0.1, 0.15) is 45.3 Å². The van der Waals surface area contributed by atoms with Crippen molar-refractivity contribution < 1.29 is 14.6 Å². The van der Waals surface area contributed by atoms with Gasteiger partial charge in [0.25, 0.3) is 0 Å². The molecule has 0 aromatic heterocycles. The van der Waals surface area contributed by atoms with Gasteiger partial charge < -0.3 is 14.6 Å². The molecule has 114 valence electrons. The average Bonchev–Trinajstić information content (AvgIpc) is 2.82. The summed E-state index contributed by atoms with van der Waals surface area (Å²) in [4.78, 5) is 0. The molecule has 0 aliphatic carbocycles. The largest absolute Gasteiger partial charge is 0.508 e. The van der Waals surface area contributed by atoms with E-state index in [0.717, 1.165) is 18.4 Å². The molecule has 2 aliphatic rings. The van der Waals surface area contributed by atoms with Crippen LogP contribution in [0.2, 0.25) is 0 Å². The molecule has 21 heavy (non-hydrogen) atoms. The van der Waals surface area contributed by atoms with Crippen LogP contribution in [0.25, 0.3) is 0 Å². The van der Waals surface area contributed by atoms with E-state index in [1.165, 1.54) is 0 Å². The van der Waals surface area contributed by atoms with Crippen molar-refractivity contribution in [2.75, 3.05) is 0 Å². The van der Waals surface area contributed by atoms with Crippen molar-refractivity contribution in [1.29, 1.82) is 0 Å². The first kappa shape index (κ1) is 14.6. The minimum absolute atomic E-state index is 0.0318. The molecule has 2 fully saturated rings. The second-order valence-corrected chi connectivity index (χ2v) is 6.84. The van der Waals surface area contributed by atoms with E-state index in [2.05, 4.69) is 27.4 Å². The molecule has 2 bridgehead atoms. The van der Waals surface area contributed by atoms with E-state index in [4.69, 9.17) is 9.47 Å². The Kier molecular flexibility index (Phi) is 3.38. The Hall–Kier alpha value is -1.32. The Labute approximate surface area is 126 Å². The number of rotatable bonds is 3. The van der Waals surface area contributed by atoms with Crippen molar-refractivity contribution in [3.8, 4) is 5.75 Å². The highest BCUT2D eigenvalue weighted by molar-refractivity contribution is 5.30. The third kappa shape index (κ3) is 2.19. The van der Waals surface area contributed by atoms with Crippen molar-refractivity contribution in [1.82, 2.24) is 0 Å². The third-order valence-electron chi connectivity index (χ3n) is 5.16. The summed E-state index contributed by atoms with van der Waals surface area (Å²) in [6.07, 6.45) is 3.77. The summed E-state index contributed by atoms with van der Waals surface area (Å²) in [5.74, 6) is 0.0811. The first-order chi connectivity index (χ1) is 9.90. The van der Waals surface area contributed by atoms with Crippen LogP contribution in [0.5, 0.6) is 5.75 Å². The molecule has 0 amide bonds. The van der Waals surface area contributed by atoms with Gasteiger partial charge in [0, 0.05) is 17.8 Å². The molecular weight excluding hydrogens is 264 g/mol. The molecule has 1 aromatic carbocycles. The van der Waals surface area contributed by atoms with Crippen LogP contribution in [0.15, 0.2) is 36.9 Å². The van der Waals surface area contributed by atoms with Gasteiger partial charge in [-0.05, 0) is 24.1 Å². The lowest BCUT2D eigenvalue weighted by atomic mass is 9.74. The van der Waals surface area contributed by atoms with Crippen LogP contribution in [-0.4, -0.2) is 17.0 Å². The van der Waals surface area contributed by atoms with E-state index in [-0.39, 0.29) is 23.4 Å². The van der Waals surface area contributed by atoms with Gasteiger partial charge in [0.1, 0.15) is 18.0 Å². The molecular formula is C18H24O3. The quantitative estimate of drug-likeness (QED) is 0.848. The van der Waals surface area contributed by atoms with Gasteiger partial charge in [0.05, 0.1) is 0 Å². The molecule has 3 nitrogen and oxygen atoms in total. The van der Waals surface area contributed by atoms with Crippen molar-refractivity contribution in [2.24, 2.45) is 11.3 Å². The zero-order chi connectivity index (χ0) is 15.3. The number of fused-ring (bicyclic) bond motifs is 2. The summed E-state index contributed by atoms with van der Waals surface area (Å²) in [7, 11) is 0. The van der Waals surface area contributed by atoms with Crippen LogP contribution in [-0.2, 0) is 9.47 Å². The standard InChI is InChI=1S/C18H24O3/c1-5-17(4)10-11-18(12(2)3)20-15(16(17)21-18)13-6-8-14(19)9-7-13/h5-9,12,15-16,19H,1,10-11H2,2-4H3/t15-,16?,17+,18-/m0/s1. The summed E-state index contributed by atoms with van der Waals surface area (Å²) in [5.41, 5.74) is 0.965. The van der Waals surface area contributed by atoms with Gasteiger partial charge in [0.2, 0.25) is 0 Å². The van der Waals surface area contributed by atoms with Crippen molar-refractivity contribution in [3.63, 3.8) is 0 Å². The maximum Gasteiger partial charge on any atom is 0.172 e. The van der Waals surface area contributed by atoms with E-state index in [9.17, 15) is 5.11 Å². The van der Waals surface area contributed by atoms with E-state index in [1.54, 1.807) is 12.1 Å². The van der Waals surface area contributed by atoms with Gasteiger partial charge in [-0.2, -0.15) is 0 Å². The lowest BCUT2D eigenvalue weighted by Gasteiger charge is -2.42. The molecule has 2 aliphatic heterocycles. The number of ether oxygens (including phenoxy) is 2. The fraction of sp³-hybridized carbons (Fsp3) is 0.556. The molecule has 4 atom stereocenters. The second-order valence-electron chi connectivity index (χ2n) is 6.84. The highest BCUT2D eigenvalue weighted by Gasteiger charge is 2.59. The molecule has 2 saturated heterocycles. The lowest BCUT2D eigenvalue weighted by Crippen LogP contribution is -2.46. The number of benzene rings is 1. The minimum Gasteiger partial charge on any atom is -0.508 e. The lowest BCUT2D eigenvalue weighted by molar-refractivity contribution is -0.235. The zero-order valence-corrected chi connectivity index (χ0v) is 13.0. The number of hydrogen-bond acceptors (Lipinski definition) is 3. The molecule has 3 heteroatoms. The fourth-order valence-corrected chi connectivity index (χ4v) is 3.45.